The van der Waals surface area contributed by atoms with Crippen LogP contribution in [0.15, 0.2) is 40.2 Å². The molecule has 0 amide bonds. The topological polar surface area (TPSA) is 38.0 Å². The molecule has 1 atom stereocenters. The fraction of sp³-hybridized carbons (Fsp3) is 0.333. The lowest BCUT2D eigenvalue weighted by atomic mass is 9.99. The molecule has 1 unspecified atom stereocenters. The van der Waals surface area contributed by atoms with E-state index >= 15 is 0 Å². The second kappa shape index (κ2) is 7.20. The Balaban J connectivity index is 1.91. The summed E-state index contributed by atoms with van der Waals surface area (Å²) in [5.41, 5.74) is 5.71. The first-order chi connectivity index (χ1) is 9.19. The molecule has 0 radical (unpaired) electrons. The van der Waals surface area contributed by atoms with Gasteiger partial charge in [0.15, 0.2) is 0 Å². The second-order valence-electron chi connectivity index (χ2n) is 4.76. The predicted octanol–water partition coefficient (Wildman–Crippen LogP) is 3.83. The Morgan fingerprint density at radius 2 is 2.16 bits per heavy atom. The maximum absolute atomic E-state index is 5.67. The van der Waals surface area contributed by atoms with Gasteiger partial charge in [-0.05, 0) is 59.3 Å². The molecule has 2 nitrogen and oxygen atoms in total. The van der Waals surface area contributed by atoms with Crippen molar-refractivity contribution in [3.63, 3.8) is 0 Å². The number of rotatable bonds is 6. The Bertz CT molecular complexity index is 524. The van der Waals surface area contributed by atoms with Gasteiger partial charge in [0.2, 0.25) is 0 Å². The van der Waals surface area contributed by atoms with Gasteiger partial charge in [0, 0.05) is 20.8 Å². The molecule has 0 aliphatic rings. The summed E-state index contributed by atoms with van der Waals surface area (Å²) in [7, 11) is 0. The van der Waals surface area contributed by atoms with Crippen LogP contribution in [0.1, 0.15) is 22.4 Å². The molecular formula is C15H19BrN2S. The number of hydrazine groups is 1. The predicted molar refractivity (Wildman–Crippen MR) is 86.3 cm³/mol. The molecule has 1 aromatic heterocycles. The minimum absolute atomic E-state index is 0.324. The van der Waals surface area contributed by atoms with Crippen molar-refractivity contribution in [3.05, 3.63) is 56.2 Å². The number of hydrogen-bond acceptors (Lipinski definition) is 3. The maximum Gasteiger partial charge on any atom is 0.0285 e. The highest BCUT2D eigenvalue weighted by Gasteiger charge is 2.10. The van der Waals surface area contributed by atoms with E-state index in [2.05, 4.69) is 64.0 Å². The smallest absolute Gasteiger partial charge is 0.0285 e. The first kappa shape index (κ1) is 14.7. The molecule has 0 bridgehead atoms. The zero-order chi connectivity index (χ0) is 13.7. The van der Waals surface area contributed by atoms with Crippen molar-refractivity contribution >= 4 is 27.3 Å². The lowest BCUT2D eigenvalue weighted by Gasteiger charge is -2.15. The molecule has 3 N–H and O–H groups in total. The van der Waals surface area contributed by atoms with E-state index in [-0.39, 0.29) is 0 Å². The Morgan fingerprint density at radius 1 is 1.37 bits per heavy atom. The molecule has 1 heterocycles. The zero-order valence-corrected chi connectivity index (χ0v) is 13.4. The average molecular weight is 339 g/mol. The summed E-state index contributed by atoms with van der Waals surface area (Å²) < 4.78 is 1.15. The number of hydrogen-bond donors (Lipinski definition) is 2. The first-order valence-electron chi connectivity index (χ1n) is 6.42. The Labute approximate surface area is 127 Å². The summed E-state index contributed by atoms with van der Waals surface area (Å²) in [6.07, 6.45) is 3.10. The molecule has 4 heteroatoms. The Morgan fingerprint density at radius 3 is 2.79 bits per heavy atom. The number of benzene rings is 1. The summed E-state index contributed by atoms with van der Waals surface area (Å²) in [6, 6.07) is 11.0. The van der Waals surface area contributed by atoms with Crippen molar-refractivity contribution in [2.75, 3.05) is 0 Å². The highest BCUT2D eigenvalue weighted by atomic mass is 79.9. The van der Waals surface area contributed by atoms with Crippen LogP contribution in [0.5, 0.6) is 0 Å². The lowest BCUT2D eigenvalue weighted by Crippen LogP contribution is -2.37. The minimum Gasteiger partial charge on any atom is -0.271 e. The monoisotopic (exact) mass is 338 g/mol. The van der Waals surface area contributed by atoms with Crippen molar-refractivity contribution in [1.29, 1.82) is 0 Å². The van der Waals surface area contributed by atoms with Crippen LogP contribution in [0.3, 0.4) is 0 Å². The van der Waals surface area contributed by atoms with E-state index in [0.29, 0.717) is 6.04 Å². The number of aryl methyl sites for hydroxylation is 2. The average Bonchev–Trinajstić information content (AvgIpc) is 2.81. The van der Waals surface area contributed by atoms with Crippen LogP contribution < -0.4 is 11.3 Å². The van der Waals surface area contributed by atoms with Gasteiger partial charge < -0.3 is 0 Å². The van der Waals surface area contributed by atoms with Gasteiger partial charge in [-0.15, -0.1) is 11.3 Å². The summed E-state index contributed by atoms with van der Waals surface area (Å²) in [6.45, 7) is 2.16. The van der Waals surface area contributed by atoms with Gasteiger partial charge >= 0.3 is 0 Å². The zero-order valence-electron chi connectivity index (χ0n) is 11.0. The molecule has 2 rings (SSSR count). The highest BCUT2D eigenvalue weighted by molar-refractivity contribution is 9.10. The molecule has 19 heavy (non-hydrogen) atoms. The van der Waals surface area contributed by atoms with Crippen LogP contribution in [0.4, 0.5) is 0 Å². The number of nitrogens with two attached hydrogens (primary N) is 1. The van der Waals surface area contributed by atoms with Crippen LogP contribution >= 0.6 is 27.3 Å². The van der Waals surface area contributed by atoms with Crippen molar-refractivity contribution in [3.8, 4) is 0 Å². The summed E-state index contributed by atoms with van der Waals surface area (Å²) in [5, 5.41) is 2.12. The molecule has 0 saturated carbocycles. The number of nitrogens with one attached hydrogen (secondary N) is 1. The van der Waals surface area contributed by atoms with E-state index in [0.717, 1.165) is 23.7 Å². The van der Waals surface area contributed by atoms with Gasteiger partial charge in [-0.1, -0.05) is 24.3 Å². The van der Waals surface area contributed by atoms with Gasteiger partial charge in [0.1, 0.15) is 0 Å². The lowest BCUT2D eigenvalue weighted by molar-refractivity contribution is 0.494. The van der Waals surface area contributed by atoms with Crippen LogP contribution in [0, 0.1) is 6.92 Å². The SMILES string of the molecule is Cc1ccccc1CCC(Cc1cc(Br)cs1)NN. The molecule has 1 aromatic carbocycles. The highest BCUT2D eigenvalue weighted by Crippen LogP contribution is 2.22. The number of halogens is 1. The van der Waals surface area contributed by atoms with Crippen molar-refractivity contribution in [1.82, 2.24) is 5.43 Å². The van der Waals surface area contributed by atoms with Crippen LogP contribution in [0.25, 0.3) is 0 Å². The third kappa shape index (κ3) is 4.42. The van der Waals surface area contributed by atoms with Crippen LogP contribution in [0.2, 0.25) is 0 Å². The third-order valence-electron chi connectivity index (χ3n) is 3.33. The van der Waals surface area contributed by atoms with Gasteiger partial charge in [0.25, 0.3) is 0 Å². The first-order valence-corrected chi connectivity index (χ1v) is 8.10. The standard InChI is InChI=1S/C15H19BrN2S/c1-11-4-2-3-5-12(11)6-7-14(18-17)9-15-8-13(16)10-19-15/h2-5,8,10,14,18H,6-7,9,17H2,1H3. The maximum atomic E-state index is 5.67. The van der Waals surface area contributed by atoms with Gasteiger partial charge in [-0.3, -0.25) is 11.3 Å². The second-order valence-corrected chi connectivity index (χ2v) is 6.68. The Hall–Kier alpha value is -0.680. The largest absolute Gasteiger partial charge is 0.271 e. The van der Waals surface area contributed by atoms with Gasteiger partial charge in [-0.25, -0.2) is 0 Å². The summed E-state index contributed by atoms with van der Waals surface area (Å²) in [5.74, 6) is 5.67. The van der Waals surface area contributed by atoms with E-state index in [4.69, 9.17) is 5.84 Å². The summed E-state index contributed by atoms with van der Waals surface area (Å²) >= 11 is 5.26. The van der Waals surface area contributed by atoms with Crippen LogP contribution in [-0.2, 0) is 12.8 Å². The molecule has 0 aliphatic heterocycles. The fourth-order valence-electron chi connectivity index (χ4n) is 2.17. The van der Waals surface area contributed by atoms with E-state index in [9.17, 15) is 0 Å². The number of thiophene rings is 1. The van der Waals surface area contributed by atoms with Crippen molar-refractivity contribution < 1.29 is 0 Å². The third-order valence-corrected chi connectivity index (χ3v) is 5.05. The van der Waals surface area contributed by atoms with Crippen molar-refractivity contribution in [2.45, 2.75) is 32.2 Å². The van der Waals surface area contributed by atoms with E-state index in [1.807, 2.05) is 0 Å². The molecular weight excluding hydrogens is 320 g/mol. The normalized spacial score (nSPS) is 12.6. The molecule has 0 aliphatic carbocycles. The van der Waals surface area contributed by atoms with Gasteiger partial charge in [0.05, 0.1) is 0 Å². The van der Waals surface area contributed by atoms with E-state index < -0.39 is 0 Å². The van der Waals surface area contributed by atoms with E-state index in [1.54, 1.807) is 11.3 Å². The van der Waals surface area contributed by atoms with Crippen molar-refractivity contribution in [2.24, 2.45) is 5.84 Å². The molecule has 0 spiro atoms. The molecule has 0 fully saturated rings. The molecule has 0 saturated heterocycles. The van der Waals surface area contributed by atoms with E-state index in [1.165, 1.54) is 16.0 Å². The fourth-order valence-corrected chi connectivity index (χ4v) is 3.70. The Kier molecular flexibility index (Phi) is 5.58. The van der Waals surface area contributed by atoms with Crippen LogP contribution in [-0.4, -0.2) is 6.04 Å². The van der Waals surface area contributed by atoms with Gasteiger partial charge in [-0.2, -0.15) is 0 Å². The minimum atomic E-state index is 0.324. The summed E-state index contributed by atoms with van der Waals surface area (Å²) in [4.78, 5) is 1.36. The molecule has 2 aromatic rings. The molecule has 102 valence electrons. The quantitative estimate of drug-likeness (QED) is 0.620.